The molecular weight excluding hydrogens is 248 g/mol. The van der Waals surface area contributed by atoms with Gasteiger partial charge in [-0.1, -0.05) is 31.2 Å². The lowest BCUT2D eigenvalue weighted by atomic mass is 10.1. The number of hydrogen-bond donors (Lipinski definition) is 2. The van der Waals surface area contributed by atoms with Crippen LogP contribution in [-0.4, -0.2) is 23.1 Å². The van der Waals surface area contributed by atoms with Gasteiger partial charge in [0.25, 0.3) is 0 Å². The van der Waals surface area contributed by atoms with Crippen molar-refractivity contribution in [3.63, 3.8) is 0 Å². The molecule has 3 rings (SSSR count). The maximum absolute atomic E-state index is 4.56. The maximum Gasteiger partial charge on any atom is 0.132 e. The third kappa shape index (κ3) is 2.59. The van der Waals surface area contributed by atoms with E-state index in [1.807, 2.05) is 13.1 Å². The number of hydrogen-bond acceptors (Lipinski definition) is 4. The molecule has 0 amide bonds. The fourth-order valence-corrected chi connectivity index (χ4v) is 2.73. The molecule has 0 saturated heterocycles. The Balaban J connectivity index is 1.76. The molecule has 0 bridgehead atoms. The fraction of sp³-hybridized carbons (Fsp3) is 0.375. The van der Waals surface area contributed by atoms with Gasteiger partial charge in [-0.25, -0.2) is 9.97 Å². The second-order valence-electron chi connectivity index (χ2n) is 5.18. The first-order chi connectivity index (χ1) is 9.78. The molecule has 0 unspecified atom stereocenters. The molecule has 0 fully saturated rings. The SMILES string of the molecule is CCc1nc(NC)cc(NC2Cc3ccccc3C2)n1. The first kappa shape index (κ1) is 12.9. The van der Waals surface area contributed by atoms with E-state index in [1.54, 1.807) is 0 Å². The molecule has 0 saturated carbocycles. The molecule has 0 spiro atoms. The smallest absolute Gasteiger partial charge is 0.132 e. The van der Waals surface area contributed by atoms with Gasteiger partial charge in [-0.15, -0.1) is 0 Å². The van der Waals surface area contributed by atoms with E-state index in [4.69, 9.17) is 0 Å². The highest BCUT2D eigenvalue weighted by molar-refractivity contribution is 5.49. The summed E-state index contributed by atoms with van der Waals surface area (Å²) in [6, 6.07) is 11.1. The van der Waals surface area contributed by atoms with Crippen LogP contribution in [0.2, 0.25) is 0 Å². The Morgan fingerprint density at radius 2 is 1.75 bits per heavy atom. The highest BCUT2D eigenvalue weighted by Gasteiger charge is 2.21. The topological polar surface area (TPSA) is 49.8 Å². The summed E-state index contributed by atoms with van der Waals surface area (Å²) >= 11 is 0. The Hall–Kier alpha value is -2.10. The molecule has 4 nitrogen and oxygen atoms in total. The van der Waals surface area contributed by atoms with Gasteiger partial charge in [0, 0.05) is 25.6 Å². The highest BCUT2D eigenvalue weighted by Crippen LogP contribution is 2.24. The van der Waals surface area contributed by atoms with E-state index in [1.165, 1.54) is 11.1 Å². The summed E-state index contributed by atoms with van der Waals surface area (Å²) in [4.78, 5) is 8.99. The van der Waals surface area contributed by atoms with Gasteiger partial charge in [0.15, 0.2) is 0 Å². The van der Waals surface area contributed by atoms with Gasteiger partial charge in [0.2, 0.25) is 0 Å². The Morgan fingerprint density at radius 3 is 2.35 bits per heavy atom. The summed E-state index contributed by atoms with van der Waals surface area (Å²) in [6.45, 7) is 2.07. The first-order valence-corrected chi connectivity index (χ1v) is 7.17. The van der Waals surface area contributed by atoms with E-state index in [9.17, 15) is 0 Å². The van der Waals surface area contributed by atoms with E-state index in [0.717, 1.165) is 36.7 Å². The maximum atomic E-state index is 4.56. The van der Waals surface area contributed by atoms with Gasteiger partial charge >= 0.3 is 0 Å². The zero-order valence-corrected chi connectivity index (χ0v) is 12.0. The van der Waals surface area contributed by atoms with Crippen LogP contribution >= 0.6 is 0 Å². The lowest BCUT2D eigenvalue weighted by Crippen LogP contribution is -2.21. The van der Waals surface area contributed by atoms with Crippen LogP contribution in [0.3, 0.4) is 0 Å². The van der Waals surface area contributed by atoms with Gasteiger partial charge < -0.3 is 10.6 Å². The monoisotopic (exact) mass is 268 g/mol. The number of aryl methyl sites for hydroxylation is 1. The number of aromatic nitrogens is 2. The molecule has 4 heteroatoms. The highest BCUT2D eigenvalue weighted by atomic mass is 15.1. The van der Waals surface area contributed by atoms with E-state index in [2.05, 4.69) is 51.8 Å². The summed E-state index contributed by atoms with van der Waals surface area (Å²) in [5.41, 5.74) is 2.90. The Morgan fingerprint density at radius 1 is 1.10 bits per heavy atom. The summed E-state index contributed by atoms with van der Waals surface area (Å²) < 4.78 is 0. The molecule has 0 aliphatic heterocycles. The van der Waals surface area contributed by atoms with Crippen molar-refractivity contribution in [1.82, 2.24) is 9.97 Å². The molecular formula is C16H20N4. The lowest BCUT2D eigenvalue weighted by molar-refractivity contribution is 0.764. The van der Waals surface area contributed by atoms with Crippen molar-refractivity contribution in [2.24, 2.45) is 0 Å². The molecule has 20 heavy (non-hydrogen) atoms. The molecule has 1 aromatic heterocycles. The number of anilines is 2. The van der Waals surface area contributed by atoms with E-state index < -0.39 is 0 Å². The molecule has 2 N–H and O–H groups in total. The first-order valence-electron chi connectivity index (χ1n) is 7.17. The molecule has 1 aliphatic rings. The van der Waals surface area contributed by atoms with Crippen molar-refractivity contribution in [3.05, 3.63) is 47.3 Å². The van der Waals surface area contributed by atoms with Crippen LogP contribution in [-0.2, 0) is 19.3 Å². The second-order valence-corrected chi connectivity index (χ2v) is 5.18. The van der Waals surface area contributed by atoms with Crippen LogP contribution in [0.1, 0.15) is 23.9 Å². The summed E-state index contributed by atoms with van der Waals surface area (Å²) in [6.07, 6.45) is 2.97. The van der Waals surface area contributed by atoms with Crippen molar-refractivity contribution >= 4 is 11.6 Å². The van der Waals surface area contributed by atoms with E-state index in [-0.39, 0.29) is 0 Å². The average Bonchev–Trinajstić information content (AvgIpc) is 2.88. The number of nitrogens with zero attached hydrogens (tertiary/aromatic N) is 2. The van der Waals surface area contributed by atoms with Crippen molar-refractivity contribution in [3.8, 4) is 0 Å². The quantitative estimate of drug-likeness (QED) is 0.895. The van der Waals surface area contributed by atoms with Gasteiger partial charge in [-0.2, -0.15) is 0 Å². The van der Waals surface area contributed by atoms with E-state index in [0.29, 0.717) is 6.04 Å². The zero-order chi connectivity index (χ0) is 13.9. The molecule has 2 aromatic rings. The summed E-state index contributed by atoms with van der Waals surface area (Å²) in [5, 5.41) is 6.64. The van der Waals surface area contributed by atoms with Gasteiger partial charge in [-0.3, -0.25) is 0 Å². The molecule has 0 atom stereocenters. The summed E-state index contributed by atoms with van der Waals surface area (Å²) in [5.74, 6) is 2.66. The number of nitrogens with one attached hydrogen (secondary N) is 2. The van der Waals surface area contributed by atoms with Gasteiger partial charge in [0.1, 0.15) is 17.5 Å². The molecule has 1 heterocycles. The van der Waals surface area contributed by atoms with E-state index >= 15 is 0 Å². The Bertz CT molecular complexity index is 562. The number of benzene rings is 1. The largest absolute Gasteiger partial charge is 0.373 e. The molecule has 1 aromatic carbocycles. The minimum atomic E-state index is 0.428. The molecule has 0 radical (unpaired) electrons. The Kier molecular flexibility index (Phi) is 3.54. The van der Waals surface area contributed by atoms with Gasteiger partial charge in [0.05, 0.1) is 0 Å². The van der Waals surface area contributed by atoms with Crippen LogP contribution in [0, 0.1) is 0 Å². The van der Waals surface area contributed by atoms with Crippen molar-refractivity contribution in [2.75, 3.05) is 17.7 Å². The van der Waals surface area contributed by atoms with Crippen molar-refractivity contribution in [2.45, 2.75) is 32.2 Å². The van der Waals surface area contributed by atoms with Crippen LogP contribution in [0.15, 0.2) is 30.3 Å². The van der Waals surface area contributed by atoms with Crippen molar-refractivity contribution < 1.29 is 0 Å². The van der Waals surface area contributed by atoms with Crippen LogP contribution in [0.25, 0.3) is 0 Å². The standard InChI is InChI=1S/C16H20N4/c1-3-14-19-15(17-2)10-16(20-14)18-13-8-11-6-4-5-7-12(11)9-13/h4-7,10,13H,3,8-9H2,1-2H3,(H2,17,18,19,20). The van der Waals surface area contributed by atoms with Crippen LogP contribution in [0.5, 0.6) is 0 Å². The predicted molar refractivity (Wildman–Crippen MR) is 82.2 cm³/mol. The van der Waals surface area contributed by atoms with Crippen LogP contribution < -0.4 is 10.6 Å². The summed E-state index contributed by atoms with van der Waals surface area (Å²) in [7, 11) is 1.89. The van der Waals surface area contributed by atoms with Gasteiger partial charge in [-0.05, 0) is 24.0 Å². The lowest BCUT2D eigenvalue weighted by Gasteiger charge is -2.14. The minimum absolute atomic E-state index is 0.428. The average molecular weight is 268 g/mol. The van der Waals surface area contributed by atoms with Crippen LogP contribution in [0.4, 0.5) is 11.6 Å². The third-order valence-electron chi connectivity index (χ3n) is 3.75. The fourth-order valence-electron chi connectivity index (χ4n) is 2.73. The Labute approximate surface area is 119 Å². The normalized spacial score (nSPS) is 14.1. The molecule has 1 aliphatic carbocycles. The predicted octanol–water partition coefficient (Wildman–Crippen LogP) is 2.66. The zero-order valence-electron chi connectivity index (χ0n) is 12.0. The number of rotatable bonds is 4. The van der Waals surface area contributed by atoms with Crippen molar-refractivity contribution in [1.29, 1.82) is 0 Å². The number of fused-ring (bicyclic) bond motifs is 1. The minimum Gasteiger partial charge on any atom is -0.373 e. The second kappa shape index (κ2) is 5.49. The third-order valence-corrected chi connectivity index (χ3v) is 3.75. The molecule has 104 valence electrons.